The van der Waals surface area contributed by atoms with E-state index >= 15 is 0 Å². The highest BCUT2D eigenvalue weighted by atomic mass is 127. The molecule has 1 aliphatic rings. The highest BCUT2D eigenvalue weighted by molar-refractivity contribution is 14.0. The molecule has 3 rings (SSSR count). The molecule has 1 aromatic heterocycles. The minimum atomic E-state index is 0. The van der Waals surface area contributed by atoms with E-state index in [0.29, 0.717) is 49.7 Å². The molecule has 0 saturated carbocycles. The smallest absolute Gasteiger partial charge is 0.219 e. The Kier molecular flexibility index (Phi) is 12.3. The number of aromatic nitrogens is 1. The van der Waals surface area contributed by atoms with Crippen LogP contribution in [0.15, 0.2) is 47.6 Å². The molecule has 0 bridgehead atoms. The van der Waals surface area contributed by atoms with E-state index in [2.05, 4.69) is 20.2 Å². The summed E-state index contributed by atoms with van der Waals surface area (Å²) in [7, 11) is 3.50. The van der Waals surface area contributed by atoms with Crippen LogP contribution in [0.5, 0.6) is 17.4 Å². The molecule has 2 heterocycles. The van der Waals surface area contributed by atoms with E-state index in [1.54, 1.807) is 7.11 Å². The van der Waals surface area contributed by atoms with E-state index in [1.807, 2.05) is 56.6 Å². The predicted molar refractivity (Wildman–Crippen MR) is 140 cm³/mol. The number of hydrogen-bond acceptors (Lipinski definition) is 6. The van der Waals surface area contributed by atoms with Gasteiger partial charge in [0.05, 0.1) is 26.4 Å². The summed E-state index contributed by atoms with van der Waals surface area (Å²) in [5.74, 6) is 3.31. The number of pyridine rings is 1. The molecule has 1 aliphatic heterocycles. The van der Waals surface area contributed by atoms with Gasteiger partial charge in [-0.3, -0.25) is 4.99 Å². The Labute approximate surface area is 213 Å². The van der Waals surface area contributed by atoms with Crippen molar-refractivity contribution in [2.24, 2.45) is 10.9 Å². The zero-order valence-electron chi connectivity index (χ0n) is 19.7. The number of methoxy groups -OCH3 is 1. The summed E-state index contributed by atoms with van der Waals surface area (Å²) >= 11 is 0. The number of ether oxygens (including phenoxy) is 4. The molecule has 1 fully saturated rings. The largest absolute Gasteiger partial charge is 0.490 e. The molecule has 0 amide bonds. The average Bonchev–Trinajstić information content (AvgIpc) is 3.28. The van der Waals surface area contributed by atoms with Crippen molar-refractivity contribution in [3.63, 3.8) is 0 Å². The fourth-order valence-electron chi connectivity index (χ4n) is 3.56. The Morgan fingerprint density at radius 3 is 2.70 bits per heavy atom. The summed E-state index contributed by atoms with van der Waals surface area (Å²) < 4.78 is 22.2. The summed E-state index contributed by atoms with van der Waals surface area (Å²) in [5.41, 5.74) is 1.05. The highest BCUT2D eigenvalue weighted by Gasteiger charge is 2.24. The summed E-state index contributed by atoms with van der Waals surface area (Å²) in [6.07, 6.45) is 2.92. The van der Waals surface area contributed by atoms with E-state index in [-0.39, 0.29) is 24.0 Å². The molecular weight excluding hydrogens is 535 g/mol. The van der Waals surface area contributed by atoms with Crippen LogP contribution in [0.1, 0.15) is 18.9 Å². The van der Waals surface area contributed by atoms with Gasteiger partial charge in [-0.15, -0.1) is 24.0 Å². The number of hydrogen-bond donors (Lipinski definition) is 1. The molecule has 8 nitrogen and oxygen atoms in total. The van der Waals surface area contributed by atoms with Crippen LogP contribution in [-0.2, 0) is 16.0 Å². The predicted octanol–water partition coefficient (Wildman–Crippen LogP) is 3.95. The van der Waals surface area contributed by atoms with Crippen LogP contribution in [-0.4, -0.2) is 69.5 Å². The molecule has 1 unspecified atom stereocenters. The third-order valence-corrected chi connectivity index (χ3v) is 5.19. The van der Waals surface area contributed by atoms with Crippen molar-refractivity contribution in [2.45, 2.75) is 19.9 Å². The van der Waals surface area contributed by atoms with Gasteiger partial charge in [0.15, 0.2) is 17.5 Å². The van der Waals surface area contributed by atoms with Crippen molar-refractivity contribution < 1.29 is 18.9 Å². The second-order valence-corrected chi connectivity index (χ2v) is 7.56. The first-order chi connectivity index (χ1) is 15.7. The number of benzene rings is 1. The second kappa shape index (κ2) is 14.9. The maximum absolute atomic E-state index is 5.90. The first kappa shape index (κ1) is 27.1. The molecule has 1 N–H and O–H groups in total. The van der Waals surface area contributed by atoms with Crippen LogP contribution in [0.3, 0.4) is 0 Å². The Morgan fingerprint density at radius 1 is 1.18 bits per heavy atom. The lowest BCUT2D eigenvalue weighted by atomic mass is 10.1. The van der Waals surface area contributed by atoms with Gasteiger partial charge in [-0.25, -0.2) is 4.98 Å². The van der Waals surface area contributed by atoms with Crippen molar-refractivity contribution in [1.82, 2.24) is 15.2 Å². The fourth-order valence-corrected chi connectivity index (χ4v) is 3.56. The number of aliphatic imine (C=N–C) groups is 1. The van der Waals surface area contributed by atoms with Gasteiger partial charge in [0.1, 0.15) is 0 Å². The molecule has 0 aliphatic carbocycles. The molecule has 9 heteroatoms. The number of para-hydroxylation sites is 2. The quantitative estimate of drug-likeness (QED) is 0.190. The van der Waals surface area contributed by atoms with Gasteiger partial charge in [-0.2, -0.15) is 0 Å². The Morgan fingerprint density at radius 2 is 2.00 bits per heavy atom. The normalized spacial score (nSPS) is 15.8. The molecule has 33 heavy (non-hydrogen) atoms. The topological polar surface area (TPSA) is 77.4 Å². The van der Waals surface area contributed by atoms with Gasteiger partial charge in [0.2, 0.25) is 5.88 Å². The molecule has 182 valence electrons. The van der Waals surface area contributed by atoms with Crippen molar-refractivity contribution in [1.29, 1.82) is 0 Å². The molecule has 2 aromatic rings. The van der Waals surface area contributed by atoms with E-state index in [1.165, 1.54) is 0 Å². The summed E-state index contributed by atoms with van der Waals surface area (Å²) in [4.78, 5) is 11.2. The monoisotopic (exact) mass is 570 g/mol. The van der Waals surface area contributed by atoms with Crippen molar-refractivity contribution >= 4 is 29.9 Å². The number of nitrogens with one attached hydrogen (secondary N) is 1. The van der Waals surface area contributed by atoms with Crippen LogP contribution in [0.4, 0.5) is 0 Å². The summed E-state index contributed by atoms with van der Waals surface area (Å²) in [6, 6.07) is 11.5. The van der Waals surface area contributed by atoms with Crippen LogP contribution >= 0.6 is 24.0 Å². The lowest BCUT2D eigenvalue weighted by molar-refractivity contribution is 0.0536. The standard InChI is InChI=1S/C24H34N4O4.HI/c1-4-31-21-7-5-6-8-22(21)32-23-10-9-19(15-26-23)16-27-24(25-2)28-12-11-20(17-28)18-30-14-13-29-3;/h5-10,15,20H,4,11-14,16-18H2,1-3H3,(H,25,27);1H. The summed E-state index contributed by atoms with van der Waals surface area (Å²) in [5, 5.41) is 3.43. The first-order valence-electron chi connectivity index (χ1n) is 11.1. The molecule has 1 aromatic carbocycles. The number of rotatable bonds is 11. The van der Waals surface area contributed by atoms with E-state index in [9.17, 15) is 0 Å². The zero-order valence-corrected chi connectivity index (χ0v) is 22.0. The average molecular weight is 570 g/mol. The Hall–Kier alpha value is -2.11. The molecule has 1 atom stereocenters. The number of halogens is 1. The van der Waals surface area contributed by atoms with Gasteiger partial charge in [-0.1, -0.05) is 18.2 Å². The molecule has 1 saturated heterocycles. The van der Waals surface area contributed by atoms with E-state index in [4.69, 9.17) is 18.9 Å². The second-order valence-electron chi connectivity index (χ2n) is 7.56. The van der Waals surface area contributed by atoms with Crippen molar-refractivity contribution in [3.8, 4) is 17.4 Å². The van der Waals surface area contributed by atoms with E-state index in [0.717, 1.165) is 37.6 Å². The van der Waals surface area contributed by atoms with Crippen molar-refractivity contribution in [2.75, 3.05) is 53.7 Å². The van der Waals surface area contributed by atoms with Gasteiger partial charge in [-0.05, 0) is 31.0 Å². The maximum atomic E-state index is 5.90. The lowest BCUT2D eigenvalue weighted by Crippen LogP contribution is -2.39. The summed E-state index contributed by atoms with van der Waals surface area (Å²) in [6.45, 7) is 7.12. The molecular formula is C24H35IN4O4. The Bertz CT molecular complexity index is 851. The third kappa shape index (κ3) is 8.63. The van der Waals surface area contributed by atoms with E-state index < -0.39 is 0 Å². The zero-order chi connectivity index (χ0) is 22.6. The number of guanidine groups is 1. The van der Waals surface area contributed by atoms with Crippen molar-refractivity contribution in [3.05, 3.63) is 48.2 Å². The van der Waals surface area contributed by atoms with Crippen LogP contribution in [0.25, 0.3) is 0 Å². The minimum absolute atomic E-state index is 0. The Balaban J connectivity index is 0.00000385. The van der Waals surface area contributed by atoms with Crippen LogP contribution < -0.4 is 14.8 Å². The van der Waals surface area contributed by atoms with Gasteiger partial charge < -0.3 is 29.2 Å². The fraction of sp³-hybridized carbons (Fsp3) is 0.500. The number of likely N-dealkylation sites (tertiary alicyclic amines) is 1. The third-order valence-electron chi connectivity index (χ3n) is 5.19. The number of nitrogens with zero attached hydrogens (tertiary/aromatic N) is 3. The van der Waals surface area contributed by atoms with Crippen LogP contribution in [0.2, 0.25) is 0 Å². The van der Waals surface area contributed by atoms with Gasteiger partial charge in [0.25, 0.3) is 0 Å². The first-order valence-corrected chi connectivity index (χ1v) is 11.1. The highest BCUT2D eigenvalue weighted by Crippen LogP contribution is 2.30. The molecule has 0 radical (unpaired) electrons. The lowest BCUT2D eigenvalue weighted by Gasteiger charge is -2.21. The van der Waals surface area contributed by atoms with Crippen LogP contribution in [0, 0.1) is 5.92 Å². The van der Waals surface area contributed by atoms with Gasteiger partial charge >= 0.3 is 0 Å². The SMILES string of the molecule is CCOc1ccccc1Oc1ccc(CNC(=NC)N2CCC(COCCOC)C2)cn1.I. The minimum Gasteiger partial charge on any atom is -0.490 e. The van der Waals surface area contributed by atoms with Gasteiger partial charge in [0, 0.05) is 52.0 Å². The molecule has 0 spiro atoms. The maximum Gasteiger partial charge on any atom is 0.219 e.